The van der Waals surface area contributed by atoms with E-state index in [-0.39, 0.29) is 28.7 Å². The summed E-state index contributed by atoms with van der Waals surface area (Å²) in [6.45, 7) is 2.72. The number of fused-ring (bicyclic) bond motifs is 4. The average Bonchev–Trinajstić information content (AvgIpc) is 3.09. The number of ether oxygens (including phenoxy) is 2. The summed E-state index contributed by atoms with van der Waals surface area (Å²) in [5.74, 6) is 1.52. The standard InChI is InChI=1S/C20H28O5/c1-19-6-5-15-14(16(19)8-13(21)9-19)4-3-12(7-17(22)24-2)20(15)10-18(23)25-11-20/h12,14-16H,3-11H2,1-2H3/t12-,14+,15-,16-,19+,20+/m0/s1. The van der Waals surface area contributed by atoms with E-state index in [2.05, 4.69) is 6.92 Å². The van der Waals surface area contributed by atoms with Crippen LogP contribution >= 0.6 is 0 Å². The van der Waals surface area contributed by atoms with E-state index < -0.39 is 0 Å². The topological polar surface area (TPSA) is 69.7 Å². The third kappa shape index (κ3) is 2.53. The van der Waals surface area contributed by atoms with Crippen LogP contribution in [0, 0.1) is 34.5 Å². The SMILES string of the molecule is COC(=O)C[C@@H]1CC[C@H]2[C@@H]3CC(=O)C[C@@]3(C)CC[C@@H]2[C@]12COC(=O)C2. The van der Waals surface area contributed by atoms with Crippen molar-refractivity contribution in [2.75, 3.05) is 13.7 Å². The third-order valence-electron chi connectivity index (χ3n) is 8.02. The lowest BCUT2D eigenvalue weighted by Gasteiger charge is -2.57. The summed E-state index contributed by atoms with van der Waals surface area (Å²) in [5, 5.41) is 0. The predicted octanol–water partition coefficient (Wildman–Crippen LogP) is 2.90. The van der Waals surface area contributed by atoms with Gasteiger partial charge in [-0.15, -0.1) is 0 Å². The van der Waals surface area contributed by atoms with Crippen LogP contribution in [0.25, 0.3) is 0 Å². The molecule has 5 heteroatoms. The fraction of sp³-hybridized carbons (Fsp3) is 0.850. The Morgan fingerprint density at radius 2 is 2.00 bits per heavy atom. The second-order valence-corrected chi connectivity index (χ2v) is 9.11. The third-order valence-corrected chi connectivity index (χ3v) is 8.02. The van der Waals surface area contributed by atoms with Gasteiger partial charge in [-0.05, 0) is 54.8 Å². The fourth-order valence-electron chi connectivity index (χ4n) is 6.84. The number of carbonyl (C=O) groups excluding carboxylic acids is 3. The molecule has 0 N–H and O–H groups in total. The van der Waals surface area contributed by atoms with Crippen molar-refractivity contribution in [2.24, 2.45) is 34.5 Å². The summed E-state index contributed by atoms with van der Waals surface area (Å²) >= 11 is 0. The molecule has 3 aliphatic carbocycles. The lowest BCUT2D eigenvalue weighted by molar-refractivity contribution is -0.148. The minimum atomic E-state index is -0.235. The normalized spacial score (nSPS) is 45.8. The zero-order chi connectivity index (χ0) is 17.8. The minimum absolute atomic E-state index is 0.133. The van der Waals surface area contributed by atoms with Crippen LogP contribution in [0.3, 0.4) is 0 Å². The molecular weight excluding hydrogens is 320 g/mol. The molecule has 4 fully saturated rings. The lowest BCUT2D eigenvalue weighted by Crippen LogP contribution is -2.53. The van der Waals surface area contributed by atoms with Crippen LogP contribution < -0.4 is 0 Å². The van der Waals surface area contributed by atoms with Gasteiger partial charge < -0.3 is 9.47 Å². The molecule has 1 heterocycles. The molecule has 0 unspecified atom stereocenters. The fourth-order valence-corrected chi connectivity index (χ4v) is 6.84. The molecule has 1 aliphatic heterocycles. The van der Waals surface area contributed by atoms with E-state index in [1.807, 2.05) is 0 Å². The smallest absolute Gasteiger partial charge is 0.306 e. The summed E-state index contributed by atoms with van der Waals surface area (Å²) in [6, 6.07) is 0. The van der Waals surface area contributed by atoms with E-state index in [0.717, 1.165) is 32.1 Å². The zero-order valence-corrected chi connectivity index (χ0v) is 15.2. The van der Waals surface area contributed by atoms with Crippen molar-refractivity contribution in [1.82, 2.24) is 0 Å². The Bertz CT molecular complexity index is 613. The van der Waals surface area contributed by atoms with Crippen LogP contribution in [0.1, 0.15) is 58.3 Å². The van der Waals surface area contributed by atoms with E-state index in [9.17, 15) is 14.4 Å². The number of ketones is 1. The maximum absolute atomic E-state index is 12.2. The van der Waals surface area contributed by atoms with Crippen molar-refractivity contribution < 1.29 is 23.9 Å². The van der Waals surface area contributed by atoms with Crippen molar-refractivity contribution in [1.29, 1.82) is 0 Å². The molecule has 0 bridgehead atoms. The molecular formula is C20H28O5. The molecule has 3 saturated carbocycles. The van der Waals surface area contributed by atoms with Gasteiger partial charge in [0.05, 0.1) is 20.1 Å². The van der Waals surface area contributed by atoms with Crippen molar-refractivity contribution in [3.8, 4) is 0 Å². The molecule has 0 aromatic heterocycles. The predicted molar refractivity (Wildman–Crippen MR) is 89.4 cm³/mol. The van der Waals surface area contributed by atoms with Crippen LogP contribution in [0.4, 0.5) is 0 Å². The number of hydrogen-bond acceptors (Lipinski definition) is 5. The second-order valence-electron chi connectivity index (χ2n) is 9.11. The summed E-state index contributed by atoms with van der Waals surface area (Å²) < 4.78 is 10.3. The van der Waals surface area contributed by atoms with Gasteiger partial charge >= 0.3 is 11.9 Å². The van der Waals surface area contributed by atoms with Gasteiger partial charge in [0.25, 0.3) is 0 Å². The molecule has 4 rings (SSSR count). The van der Waals surface area contributed by atoms with Crippen molar-refractivity contribution in [3.63, 3.8) is 0 Å². The van der Waals surface area contributed by atoms with Gasteiger partial charge in [0.2, 0.25) is 0 Å². The highest BCUT2D eigenvalue weighted by Gasteiger charge is 2.62. The van der Waals surface area contributed by atoms with Crippen molar-refractivity contribution in [3.05, 3.63) is 0 Å². The molecule has 1 spiro atoms. The Morgan fingerprint density at radius 1 is 1.20 bits per heavy atom. The van der Waals surface area contributed by atoms with E-state index >= 15 is 0 Å². The average molecular weight is 348 g/mol. The van der Waals surface area contributed by atoms with Crippen LogP contribution in [0.5, 0.6) is 0 Å². The van der Waals surface area contributed by atoms with Crippen LogP contribution in [0.15, 0.2) is 0 Å². The number of Topliss-reactive ketones (excluding diaryl/α,β-unsaturated/α-hetero) is 1. The quantitative estimate of drug-likeness (QED) is 0.718. The maximum Gasteiger partial charge on any atom is 0.306 e. The van der Waals surface area contributed by atoms with Gasteiger partial charge in [0, 0.05) is 24.7 Å². The van der Waals surface area contributed by atoms with Crippen LogP contribution in [-0.2, 0) is 23.9 Å². The molecule has 1 saturated heterocycles. The first-order valence-electron chi connectivity index (χ1n) is 9.62. The first-order chi connectivity index (χ1) is 11.9. The largest absolute Gasteiger partial charge is 0.469 e. The van der Waals surface area contributed by atoms with Gasteiger partial charge in [0.15, 0.2) is 0 Å². The number of cyclic esters (lactones) is 1. The first kappa shape index (κ1) is 17.0. The van der Waals surface area contributed by atoms with Gasteiger partial charge in [0.1, 0.15) is 5.78 Å². The van der Waals surface area contributed by atoms with Gasteiger partial charge in [-0.1, -0.05) is 6.92 Å². The molecule has 138 valence electrons. The monoisotopic (exact) mass is 348 g/mol. The summed E-state index contributed by atoms with van der Waals surface area (Å²) in [6.07, 6.45) is 6.28. The first-order valence-corrected chi connectivity index (χ1v) is 9.62. The number of methoxy groups -OCH3 is 1. The lowest BCUT2D eigenvalue weighted by atomic mass is 9.47. The van der Waals surface area contributed by atoms with E-state index in [1.54, 1.807) is 0 Å². The summed E-state index contributed by atoms with van der Waals surface area (Å²) in [5.41, 5.74) is -0.0980. The number of hydrogen-bond donors (Lipinski definition) is 0. The Hall–Kier alpha value is -1.39. The maximum atomic E-state index is 12.2. The Labute approximate surface area is 148 Å². The van der Waals surface area contributed by atoms with E-state index in [4.69, 9.17) is 9.47 Å². The van der Waals surface area contributed by atoms with E-state index in [0.29, 0.717) is 49.4 Å². The summed E-state index contributed by atoms with van der Waals surface area (Å²) in [4.78, 5) is 36.2. The van der Waals surface area contributed by atoms with Gasteiger partial charge in [-0.2, -0.15) is 0 Å². The van der Waals surface area contributed by atoms with Crippen LogP contribution in [-0.4, -0.2) is 31.4 Å². The molecule has 4 aliphatic rings. The number of esters is 2. The molecule has 0 aromatic carbocycles. The van der Waals surface area contributed by atoms with E-state index in [1.165, 1.54) is 7.11 Å². The van der Waals surface area contributed by atoms with Crippen LogP contribution in [0.2, 0.25) is 0 Å². The molecule has 0 amide bonds. The Balaban J connectivity index is 1.66. The highest BCUT2D eigenvalue weighted by atomic mass is 16.5. The minimum Gasteiger partial charge on any atom is -0.469 e. The molecule has 0 aromatic rings. The van der Waals surface area contributed by atoms with Crippen molar-refractivity contribution >= 4 is 17.7 Å². The molecule has 5 nitrogen and oxygen atoms in total. The van der Waals surface area contributed by atoms with Crippen molar-refractivity contribution in [2.45, 2.75) is 58.3 Å². The highest BCUT2D eigenvalue weighted by molar-refractivity contribution is 5.82. The second kappa shape index (κ2) is 5.82. The summed E-state index contributed by atoms with van der Waals surface area (Å²) in [7, 11) is 1.42. The Morgan fingerprint density at radius 3 is 2.68 bits per heavy atom. The molecule has 6 atom stereocenters. The zero-order valence-electron chi connectivity index (χ0n) is 15.2. The van der Waals surface area contributed by atoms with Gasteiger partial charge in [-0.3, -0.25) is 14.4 Å². The number of rotatable bonds is 2. The molecule has 25 heavy (non-hydrogen) atoms. The molecule has 0 radical (unpaired) electrons. The van der Waals surface area contributed by atoms with Gasteiger partial charge in [-0.25, -0.2) is 0 Å². The Kier molecular flexibility index (Phi) is 3.97. The number of carbonyl (C=O) groups is 3. The highest BCUT2D eigenvalue weighted by Crippen LogP contribution is 2.65.